The predicted molar refractivity (Wildman–Crippen MR) is 200 cm³/mol. The molecule has 0 amide bonds. The highest BCUT2D eigenvalue weighted by Crippen LogP contribution is 2.53. The first-order valence-electron chi connectivity index (χ1n) is 16.4. The monoisotopic (exact) mass is 648 g/mol. The van der Waals surface area contributed by atoms with Crippen LogP contribution in [0, 0.1) is 0 Å². The van der Waals surface area contributed by atoms with Crippen LogP contribution in [0.5, 0.6) is 0 Å². The summed E-state index contributed by atoms with van der Waals surface area (Å²) in [5.41, 5.74) is 11.9. The standard InChI is InChI=1S/C43H28N4OS/c1-43(2)33-21-22-35-37(48-24-44-35)36(33)31-20-19-27(23-34(31)43)28-15-9-16-29-30-17-10-18-32(39(30)49-38(28)29)42-46-40(25-11-5-3-6-12-25)45-41(47-42)26-13-7-4-8-14-26/h3-24H,1-2H3. The molecule has 3 aromatic heterocycles. The molecule has 0 radical (unpaired) electrons. The van der Waals surface area contributed by atoms with Gasteiger partial charge in [-0.05, 0) is 46.0 Å². The first kappa shape index (κ1) is 28.1. The number of benzene rings is 6. The molecule has 0 unspecified atom stereocenters. The van der Waals surface area contributed by atoms with E-state index in [9.17, 15) is 0 Å². The van der Waals surface area contributed by atoms with E-state index in [1.807, 2.05) is 72.0 Å². The van der Waals surface area contributed by atoms with Crippen molar-refractivity contribution in [1.29, 1.82) is 0 Å². The van der Waals surface area contributed by atoms with Crippen molar-refractivity contribution in [2.75, 3.05) is 0 Å². The summed E-state index contributed by atoms with van der Waals surface area (Å²) in [7, 11) is 0. The van der Waals surface area contributed by atoms with E-state index in [2.05, 4.69) is 85.6 Å². The Kier molecular flexibility index (Phi) is 6.02. The summed E-state index contributed by atoms with van der Waals surface area (Å²) in [5.74, 6) is 1.99. The molecule has 1 aliphatic carbocycles. The second-order valence-electron chi connectivity index (χ2n) is 13.1. The Morgan fingerprint density at radius 2 is 1.16 bits per heavy atom. The first-order valence-corrected chi connectivity index (χ1v) is 17.2. The minimum absolute atomic E-state index is 0.172. The molecule has 6 heteroatoms. The van der Waals surface area contributed by atoms with Crippen molar-refractivity contribution in [3.8, 4) is 56.4 Å². The van der Waals surface area contributed by atoms with E-state index in [1.54, 1.807) is 6.39 Å². The Morgan fingerprint density at radius 1 is 0.531 bits per heavy atom. The summed E-state index contributed by atoms with van der Waals surface area (Å²) in [6, 6.07) is 44.5. The third kappa shape index (κ3) is 4.24. The fourth-order valence-electron chi connectivity index (χ4n) is 7.46. The van der Waals surface area contributed by atoms with Gasteiger partial charge in [-0.15, -0.1) is 11.3 Å². The lowest BCUT2D eigenvalue weighted by molar-refractivity contribution is 0.601. The molecular weight excluding hydrogens is 621 g/mol. The van der Waals surface area contributed by atoms with E-state index in [4.69, 9.17) is 19.4 Å². The topological polar surface area (TPSA) is 64.7 Å². The maximum absolute atomic E-state index is 5.91. The quantitative estimate of drug-likeness (QED) is 0.190. The lowest BCUT2D eigenvalue weighted by Gasteiger charge is -2.22. The molecule has 0 aliphatic heterocycles. The van der Waals surface area contributed by atoms with Crippen LogP contribution in [0.15, 0.2) is 138 Å². The molecule has 0 bridgehead atoms. The molecule has 0 atom stereocenters. The molecule has 3 heterocycles. The highest BCUT2D eigenvalue weighted by molar-refractivity contribution is 7.26. The number of fused-ring (bicyclic) bond motifs is 8. The highest BCUT2D eigenvalue weighted by atomic mass is 32.1. The third-order valence-electron chi connectivity index (χ3n) is 9.91. The summed E-state index contributed by atoms with van der Waals surface area (Å²) in [4.78, 5) is 19.5. The molecule has 10 rings (SSSR count). The van der Waals surface area contributed by atoms with Crippen LogP contribution in [0.25, 0.3) is 87.7 Å². The van der Waals surface area contributed by atoms with Gasteiger partial charge in [0.05, 0.1) is 0 Å². The van der Waals surface area contributed by atoms with Gasteiger partial charge in [0.2, 0.25) is 0 Å². The molecule has 0 N–H and O–H groups in total. The van der Waals surface area contributed by atoms with Crippen molar-refractivity contribution in [2.45, 2.75) is 19.3 Å². The van der Waals surface area contributed by atoms with Crippen LogP contribution in [0.4, 0.5) is 0 Å². The summed E-state index contributed by atoms with van der Waals surface area (Å²) in [5, 5.41) is 2.43. The van der Waals surface area contributed by atoms with Crippen LogP contribution in [-0.2, 0) is 5.41 Å². The van der Waals surface area contributed by atoms with Crippen LogP contribution in [0.3, 0.4) is 0 Å². The van der Waals surface area contributed by atoms with Gasteiger partial charge in [0, 0.05) is 47.8 Å². The Hall–Kier alpha value is -5.98. The zero-order valence-corrected chi connectivity index (χ0v) is 27.6. The van der Waals surface area contributed by atoms with E-state index in [0.717, 1.165) is 38.1 Å². The normalized spacial score (nSPS) is 13.3. The van der Waals surface area contributed by atoms with Gasteiger partial charge in [0.15, 0.2) is 29.4 Å². The van der Waals surface area contributed by atoms with Crippen molar-refractivity contribution in [1.82, 2.24) is 19.9 Å². The lowest BCUT2D eigenvalue weighted by Crippen LogP contribution is -2.14. The first-order chi connectivity index (χ1) is 24.0. The van der Waals surface area contributed by atoms with Crippen LogP contribution in [-0.4, -0.2) is 19.9 Å². The van der Waals surface area contributed by atoms with Gasteiger partial charge in [0.1, 0.15) is 5.52 Å². The van der Waals surface area contributed by atoms with E-state index < -0.39 is 0 Å². The van der Waals surface area contributed by atoms with Gasteiger partial charge in [-0.25, -0.2) is 19.9 Å². The minimum atomic E-state index is -0.172. The van der Waals surface area contributed by atoms with Crippen molar-refractivity contribution in [2.24, 2.45) is 0 Å². The lowest BCUT2D eigenvalue weighted by atomic mass is 9.81. The molecule has 232 valence electrons. The molecule has 5 nitrogen and oxygen atoms in total. The Labute approximate surface area is 286 Å². The molecule has 1 aliphatic rings. The minimum Gasteiger partial charge on any atom is -0.443 e. The number of thiophene rings is 1. The summed E-state index contributed by atoms with van der Waals surface area (Å²) in [6.45, 7) is 4.61. The van der Waals surface area contributed by atoms with Crippen LogP contribution >= 0.6 is 11.3 Å². The number of nitrogens with zero attached hydrogens (tertiary/aromatic N) is 4. The average Bonchev–Trinajstić information content (AvgIpc) is 3.85. The molecule has 6 aromatic carbocycles. The van der Waals surface area contributed by atoms with E-state index in [1.165, 1.54) is 43.3 Å². The largest absolute Gasteiger partial charge is 0.443 e. The van der Waals surface area contributed by atoms with Crippen molar-refractivity contribution in [3.05, 3.63) is 145 Å². The number of hydrogen-bond acceptors (Lipinski definition) is 6. The van der Waals surface area contributed by atoms with E-state index >= 15 is 0 Å². The van der Waals surface area contributed by atoms with Gasteiger partial charge in [0.25, 0.3) is 0 Å². The van der Waals surface area contributed by atoms with Crippen molar-refractivity contribution < 1.29 is 4.42 Å². The highest BCUT2D eigenvalue weighted by Gasteiger charge is 2.38. The molecule has 49 heavy (non-hydrogen) atoms. The smallest absolute Gasteiger partial charge is 0.182 e. The van der Waals surface area contributed by atoms with Gasteiger partial charge in [-0.2, -0.15) is 0 Å². The van der Waals surface area contributed by atoms with E-state index in [0.29, 0.717) is 17.5 Å². The van der Waals surface area contributed by atoms with Crippen molar-refractivity contribution >= 4 is 42.6 Å². The van der Waals surface area contributed by atoms with Crippen LogP contribution in [0.1, 0.15) is 25.0 Å². The number of aromatic nitrogens is 4. The fourth-order valence-corrected chi connectivity index (χ4v) is 8.81. The van der Waals surface area contributed by atoms with Gasteiger partial charge >= 0.3 is 0 Å². The number of rotatable bonds is 4. The maximum atomic E-state index is 5.91. The number of oxazole rings is 1. The molecule has 0 spiro atoms. The zero-order chi connectivity index (χ0) is 32.7. The van der Waals surface area contributed by atoms with Crippen LogP contribution in [0.2, 0.25) is 0 Å². The Morgan fingerprint density at radius 3 is 1.86 bits per heavy atom. The van der Waals surface area contributed by atoms with E-state index in [-0.39, 0.29) is 5.41 Å². The van der Waals surface area contributed by atoms with Crippen LogP contribution < -0.4 is 0 Å². The zero-order valence-electron chi connectivity index (χ0n) is 26.8. The summed E-state index contributed by atoms with van der Waals surface area (Å²) < 4.78 is 8.32. The Balaban J connectivity index is 1.16. The SMILES string of the molecule is CC1(C)c2cc(-c3cccc4c3sc3c(-c5nc(-c6ccccc6)nc(-c6ccccc6)n5)cccc34)ccc2-c2c1ccc1ncoc21. The van der Waals surface area contributed by atoms with Gasteiger partial charge < -0.3 is 4.42 Å². The van der Waals surface area contributed by atoms with Crippen molar-refractivity contribution in [3.63, 3.8) is 0 Å². The number of hydrogen-bond donors (Lipinski definition) is 0. The summed E-state index contributed by atoms with van der Waals surface area (Å²) in [6.07, 6.45) is 1.54. The maximum Gasteiger partial charge on any atom is 0.182 e. The third-order valence-corrected chi connectivity index (χ3v) is 11.2. The predicted octanol–water partition coefficient (Wildman–Crippen LogP) is 11.4. The molecular formula is C43H28N4OS. The molecule has 0 saturated heterocycles. The summed E-state index contributed by atoms with van der Waals surface area (Å²) >= 11 is 1.81. The molecule has 0 fully saturated rings. The molecule has 9 aromatic rings. The molecule has 0 saturated carbocycles. The fraction of sp³-hybridized carbons (Fsp3) is 0.0698. The average molecular weight is 649 g/mol. The van der Waals surface area contributed by atoms with Gasteiger partial charge in [-0.3, -0.25) is 0 Å². The Bertz CT molecular complexity index is 2690. The second-order valence-corrected chi connectivity index (χ2v) is 14.1. The second kappa shape index (κ2) is 10.5. The van der Waals surface area contributed by atoms with Gasteiger partial charge in [-0.1, -0.05) is 123 Å².